The van der Waals surface area contributed by atoms with Gasteiger partial charge in [-0.15, -0.1) is 0 Å². The van der Waals surface area contributed by atoms with Crippen molar-refractivity contribution in [3.63, 3.8) is 0 Å². The summed E-state index contributed by atoms with van der Waals surface area (Å²) in [5.74, 6) is 0.584. The van der Waals surface area contributed by atoms with E-state index >= 15 is 0 Å². The van der Waals surface area contributed by atoms with Crippen molar-refractivity contribution in [3.8, 4) is 5.75 Å². The number of hydrogen-bond donors (Lipinski definition) is 2. The molecular weight excluding hydrogens is 352 g/mol. The van der Waals surface area contributed by atoms with E-state index in [1.165, 1.54) is 0 Å². The molecule has 0 bridgehead atoms. The van der Waals surface area contributed by atoms with Gasteiger partial charge in [0.2, 0.25) is 5.91 Å². The first-order valence-electron chi connectivity index (χ1n) is 8.95. The van der Waals surface area contributed by atoms with Crippen molar-refractivity contribution >= 4 is 28.2 Å². The van der Waals surface area contributed by atoms with Crippen LogP contribution in [0.15, 0.2) is 79.0 Å². The molecule has 1 aromatic heterocycles. The van der Waals surface area contributed by atoms with Crippen LogP contribution in [0.3, 0.4) is 0 Å². The molecule has 0 unspecified atom stereocenters. The molecule has 6 nitrogen and oxygen atoms in total. The van der Waals surface area contributed by atoms with Gasteiger partial charge in [0, 0.05) is 16.8 Å². The van der Waals surface area contributed by atoms with Crippen molar-refractivity contribution in [3.05, 3.63) is 84.6 Å². The second-order valence-electron chi connectivity index (χ2n) is 6.47. The maximum absolute atomic E-state index is 12.4. The minimum atomic E-state index is -0.162. The number of aromatic nitrogens is 2. The Morgan fingerprint density at radius 1 is 1.04 bits per heavy atom. The van der Waals surface area contributed by atoms with Crippen LogP contribution in [0.4, 0.5) is 11.4 Å². The van der Waals surface area contributed by atoms with E-state index in [1.807, 2.05) is 72.8 Å². The summed E-state index contributed by atoms with van der Waals surface area (Å²) in [6, 6.07) is 22.8. The van der Waals surface area contributed by atoms with Gasteiger partial charge in [-0.2, -0.15) is 5.10 Å². The summed E-state index contributed by atoms with van der Waals surface area (Å²) in [6.45, 7) is 0.612. The first-order chi connectivity index (χ1) is 13.7. The van der Waals surface area contributed by atoms with E-state index in [1.54, 1.807) is 10.9 Å². The summed E-state index contributed by atoms with van der Waals surface area (Å²) in [4.78, 5) is 12.4. The molecule has 0 saturated heterocycles. The summed E-state index contributed by atoms with van der Waals surface area (Å²) >= 11 is 0. The third-order valence-electron chi connectivity index (χ3n) is 4.35. The summed E-state index contributed by atoms with van der Waals surface area (Å²) in [6.07, 6.45) is 1.72. The van der Waals surface area contributed by atoms with Crippen molar-refractivity contribution in [1.29, 1.82) is 0 Å². The maximum atomic E-state index is 12.4. The van der Waals surface area contributed by atoms with Crippen molar-refractivity contribution < 1.29 is 9.53 Å². The first kappa shape index (κ1) is 17.6. The molecule has 0 aliphatic carbocycles. The van der Waals surface area contributed by atoms with Gasteiger partial charge in [0.1, 0.15) is 18.9 Å². The molecule has 28 heavy (non-hydrogen) atoms. The van der Waals surface area contributed by atoms with Gasteiger partial charge in [-0.05, 0) is 48.0 Å². The van der Waals surface area contributed by atoms with Gasteiger partial charge in [0.15, 0.2) is 0 Å². The molecule has 1 heterocycles. The highest BCUT2D eigenvalue weighted by Gasteiger charge is 2.08. The number of nitrogens with one attached hydrogen (secondary N) is 1. The Balaban J connectivity index is 1.36. The molecule has 3 aromatic carbocycles. The molecule has 6 heteroatoms. The van der Waals surface area contributed by atoms with Crippen molar-refractivity contribution in [2.75, 3.05) is 11.1 Å². The Hall–Kier alpha value is -3.80. The molecule has 0 fully saturated rings. The van der Waals surface area contributed by atoms with E-state index in [0.717, 1.165) is 22.2 Å². The zero-order valence-corrected chi connectivity index (χ0v) is 15.2. The van der Waals surface area contributed by atoms with E-state index < -0.39 is 0 Å². The fraction of sp³-hybridized carbons (Fsp3) is 0.0909. The number of carbonyl (C=O) groups is 1. The first-order valence-corrected chi connectivity index (χ1v) is 8.95. The Morgan fingerprint density at radius 3 is 2.61 bits per heavy atom. The number of nitrogens with zero attached hydrogens (tertiary/aromatic N) is 2. The Bertz CT molecular complexity index is 1090. The minimum Gasteiger partial charge on any atom is -0.489 e. The number of fused-ring (bicyclic) bond motifs is 1. The number of carbonyl (C=O) groups excluding carboxylic acids is 1. The lowest BCUT2D eigenvalue weighted by Crippen LogP contribution is -2.19. The smallest absolute Gasteiger partial charge is 0.246 e. The second-order valence-corrected chi connectivity index (χ2v) is 6.47. The summed E-state index contributed by atoms with van der Waals surface area (Å²) in [5.41, 5.74) is 9.11. The average Bonchev–Trinajstić information content (AvgIpc) is 3.10. The SMILES string of the molecule is Nc1ccc2cnn(CC(=O)Nc3ccc(OCc4ccccc4)cc3)c2c1. The third-order valence-corrected chi connectivity index (χ3v) is 4.35. The number of hydrogen-bond acceptors (Lipinski definition) is 4. The number of ether oxygens (including phenoxy) is 1. The van der Waals surface area contributed by atoms with Crippen LogP contribution in [0.2, 0.25) is 0 Å². The third kappa shape index (κ3) is 4.12. The van der Waals surface area contributed by atoms with Crippen LogP contribution in [0.25, 0.3) is 10.9 Å². The monoisotopic (exact) mass is 372 g/mol. The van der Waals surface area contributed by atoms with Crippen molar-refractivity contribution in [2.24, 2.45) is 0 Å². The van der Waals surface area contributed by atoms with Gasteiger partial charge in [0.25, 0.3) is 0 Å². The fourth-order valence-corrected chi connectivity index (χ4v) is 2.93. The normalized spacial score (nSPS) is 10.7. The number of amides is 1. The number of anilines is 2. The largest absolute Gasteiger partial charge is 0.489 e. The number of rotatable bonds is 6. The van der Waals surface area contributed by atoms with Crippen LogP contribution in [0.5, 0.6) is 5.75 Å². The van der Waals surface area contributed by atoms with E-state index in [9.17, 15) is 4.79 Å². The van der Waals surface area contributed by atoms with Crippen LogP contribution in [0.1, 0.15) is 5.56 Å². The van der Waals surface area contributed by atoms with E-state index in [4.69, 9.17) is 10.5 Å². The van der Waals surface area contributed by atoms with E-state index in [0.29, 0.717) is 18.0 Å². The Kier molecular flexibility index (Phi) is 4.93. The van der Waals surface area contributed by atoms with Gasteiger partial charge in [-0.3, -0.25) is 9.48 Å². The topological polar surface area (TPSA) is 82.2 Å². The highest BCUT2D eigenvalue weighted by Crippen LogP contribution is 2.19. The van der Waals surface area contributed by atoms with Gasteiger partial charge >= 0.3 is 0 Å². The molecule has 0 aliphatic rings. The zero-order chi connectivity index (χ0) is 19.3. The quantitative estimate of drug-likeness (QED) is 0.504. The second kappa shape index (κ2) is 7.84. The van der Waals surface area contributed by atoms with E-state index in [2.05, 4.69) is 10.4 Å². The van der Waals surface area contributed by atoms with Gasteiger partial charge < -0.3 is 15.8 Å². The van der Waals surface area contributed by atoms with Crippen LogP contribution in [-0.4, -0.2) is 15.7 Å². The summed E-state index contributed by atoms with van der Waals surface area (Å²) in [5, 5.41) is 8.09. The van der Waals surface area contributed by atoms with Crippen LogP contribution >= 0.6 is 0 Å². The predicted molar refractivity (Wildman–Crippen MR) is 110 cm³/mol. The lowest BCUT2D eigenvalue weighted by Gasteiger charge is -2.09. The molecule has 4 rings (SSSR count). The van der Waals surface area contributed by atoms with Crippen LogP contribution < -0.4 is 15.8 Å². The lowest BCUT2D eigenvalue weighted by molar-refractivity contribution is -0.116. The number of nitrogens with two attached hydrogens (primary N) is 1. The summed E-state index contributed by atoms with van der Waals surface area (Å²) in [7, 11) is 0. The Labute approximate surface area is 162 Å². The Morgan fingerprint density at radius 2 is 1.82 bits per heavy atom. The van der Waals surface area contributed by atoms with Crippen molar-refractivity contribution in [1.82, 2.24) is 9.78 Å². The summed E-state index contributed by atoms with van der Waals surface area (Å²) < 4.78 is 7.40. The van der Waals surface area contributed by atoms with E-state index in [-0.39, 0.29) is 12.5 Å². The van der Waals surface area contributed by atoms with Crippen molar-refractivity contribution in [2.45, 2.75) is 13.2 Å². The molecule has 4 aromatic rings. The fourth-order valence-electron chi connectivity index (χ4n) is 2.93. The molecule has 0 saturated carbocycles. The average molecular weight is 372 g/mol. The molecule has 0 aliphatic heterocycles. The lowest BCUT2D eigenvalue weighted by atomic mass is 10.2. The zero-order valence-electron chi connectivity index (χ0n) is 15.2. The van der Waals surface area contributed by atoms with Gasteiger partial charge in [0.05, 0.1) is 11.7 Å². The minimum absolute atomic E-state index is 0.110. The van der Waals surface area contributed by atoms with Crippen LogP contribution in [0, 0.1) is 0 Å². The number of nitrogen functional groups attached to an aromatic ring is 1. The molecule has 1 amide bonds. The van der Waals surface area contributed by atoms with Crippen LogP contribution in [-0.2, 0) is 17.9 Å². The van der Waals surface area contributed by atoms with Gasteiger partial charge in [-0.25, -0.2) is 0 Å². The molecular formula is C22H20N4O2. The highest BCUT2D eigenvalue weighted by atomic mass is 16.5. The molecule has 3 N–H and O–H groups in total. The molecule has 140 valence electrons. The predicted octanol–water partition coefficient (Wildman–Crippen LogP) is 3.84. The van der Waals surface area contributed by atoms with Gasteiger partial charge in [-0.1, -0.05) is 30.3 Å². The maximum Gasteiger partial charge on any atom is 0.246 e. The number of benzene rings is 3. The molecule has 0 atom stereocenters. The highest BCUT2D eigenvalue weighted by molar-refractivity contribution is 5.92. The molecule has 0 radical (unpaired) electrons. The standard InChI is InChI=1S/C22H20N4O2/c23-18-7-6-17-13-24-26(21(17)12-18)14-22(27)25-19-8-10-20(11-9-19)28-15-16-4-2-1-3-5-16/h1-13H,14-15,23H2,(H,25,27). The molecule has 0 spiro atoms.